The summed E-state index contributed by atoms with van der Waals surface area (Å²) in [6.07, 6.45) is 7.79. The van der Waals surface area contributed by atoms with Gasteiger partial charge in [0.15, 0.2) is 0 Å². The number of imidazole rings is 1. The number of carbonyl (C=O) groups is 1. The van der Waals surface area contributed by atoms with E-state index in [1.807, 2.05) is 23.1 Å². The lowest BCUT2D eigenvalue weighted by Crippen LogP contribution is -2.34. The van der Waals surface area contributed by atoms with Gasteiger partial charge in [-0.15, -0.1) is 0 Å². The van der Waals surface area contributed by atoms with Gasteiger partial charge in [-0.1, -0.05) is 47.5 Å². The molecule has 0 unspecified atom stereocenters. The minimum Gasteiger partial charge on any atom is -0.364 e. The van der Waals surface area contributed by atoms with Crippen molar-refractivity contribution in [2.75, 3.05) is 51.9 Å². The maximum Gasteiger partial charge on any atom is 0.253 e. The summed E-state index contributed by atoms with van der Waals surface area (Å²) in [6, 6.07) is 5.81. The summed E-state index contributed by atoms with van der Waals surface area (Å²) in [6.45, 7) is 19.8. The van der Waals surface area contributed by atoms with Crippen LogP contribution in [0.1, 0.15) is 90.4 Å². The fourth-order valence-electron chi connectivity index (χ4n) is 4.63. The van der Waals surface area contributed by atoms with E-state index in [2.05, 4.69) is 61.3 Å². The lowest BCUT2D eigenvalue weighted by molar-refractivity contribution is 0.0741. The van der Waals surface area contributed by atoms with Crippen LogP contribution in [0.5, 0.6) is 0 Å². The highest BCUT2D eigenvalue weighted by molar-refractivity contribution is 5.97. The zero-order chi connectivity index (χ0) is 27.2. The van der Waals surface area contributed by atoms with E-state index in [-0.39, 0.29) is 5.91 Å². The smallest absolute Gasteiger partial charge is 0.253 e. The van der Waals surface area contributed by atoms with E-state index in [9.17, 15) is 4.79 Å². The van der Waals surface area contributed by atoms with E-state index < -0.39 is 0 Å². The fourth-order valence-corrected chi connectivity index (χ4v) is 4.63. The van der Waals surface area contributed by atoms with Crippen molar-refractivity contribution in [2.24, 2.45) is 11.8 Å². The molecule has 37 heavy (non-hydrogen) atoms. The number of aryl methyl sites for hydroxylation is 1. The van der Waals surface area contributed by atoms with Gasteiger partial charge in [0, 0.05) is 32.3 Å². The molecule has 1 aromatic heterocycles. The number of rotatable bonds is 12. The van der Waals surface area contributed by atoms with Crippen molar-refractivity contribution in [1.82, 2.24) is 19.4 Å². The number of nitrogens with zero attached hydrogens (tertiary/aromatic N) is 4. The van der Waals surface area contributed by atoms with Gasteiger partial charge in [-0.2, -0.15) is 0 Å². The molecule has 1 N–H and O–H groups in total. The Morgan fingerprint density at radius 2 is 1.62 bits per heavy atom. The summed E-state index contributed by atoms with van der Waals surface area (Å²) in [5.41, 5.74) is 2.58. The second-order valence-corrected chi connectivity index (χ2v) is 11.0. The summed E-state index contributed by atoms with van der Waals surface area (Å²) in [5, 5.41) is 3.17. The van der Waals surface area contributed by atoms with Crippen LogP contribution in [-0.4, -0.2) is 71.8 Å². The molecule has 0 aliphatic carbocycles. The fraction of sp³-hybridized carbons (Fsp3) is 0.733. The van der Waals surface area contributed by atoms with Gasteiger partial charge in [0.1, 0.15) is 6.73 Å². The van der Waals surface area contributed by atoms with Crippen LogP contribution in [-0.2, 0) is 11.3 Å². The second kappa shape index (κ2) is 16.7. The van der Waals surface area contributed by atoms with Crippen molar-refractivity contribution < 1.29 is 9.53 Å². The lowest BCUT2D eigenvalue weighted by Gasteiger charge is -2.24. The molecule has 3 rings (SSSR count). The molecule has 1 aliphatic rings. The molecule has 0 bridgehead atoms. The van der Waals surface area contributed by atoms with Crippen LogP contribution in [0.2, 0.25) is 0 Å². The van der Waals surface area contributed by atoms with Gasteiger partial charge in [0.25, 0.3) is 5.91 Å². The molecule has 7 heteroatoms. The van der Waals surface area contributed by atoms with E-state index >= 15 is 0 Å². The summed E-state index contributed by atoms with van der Waals surface area (Å²) in [4.78, 5) is 22.4. The van der Waals surface area contributed by atoms with Crippen molar-refractivity contribution in [1.29, 1.82) is 0 Å². The highest BCUT2D eigenvalue weighted by atomic mass is 16.5. The summed E-state index contributed by atoms with van der Waals surface area (Å²) < 4.78 is 7.18. The first-order valence-electron chi connectivity index (χ1n) is 14.5. The van der Waals surface area contributed by atoms with Crippen molar-refractivity contribution in [2.45, 2.75) is 86.6 Å². The molecular formula is C30H53N5O2. The van der Waals surface area contributed by atoms with Crippen LogP contribution in [0, 0.1) is 11.8 Å². The van der Waals surface area contributed by atoms with Crippen LogP contribution >= 0.6 is 0 Å². The number of methoxy groups -OCH3 is 1. The molecular weight excluding hydrogens is 462 g/mol. The largest absolute Gasteiger partial charge is 0.364 e. The number of aromatic nitrogens is 2. The van der Waals surface area contributed by atoms with Crippen LogP contribution in [0.15, 0.2) is 18.2 Å². The van der Waals surface area contributed by atoms with Crippen LogP contribution in [0.3, 0.4) is 0 Å². The standard InChI is InChI=1S/C22H36N4O2.C8H17N/c1-7-26-20-14-18(8-9-19(20)24-22(26)23-15-28-6)21(27)25(12-10-16(2)3)13-11-17(4)5;1-2-9-7-5-3-4-6-8-9/h8-9,14,16-17H,7,10-13,15H2,1-6H3,(H,23,24);2-8H2,1H3. The van der Waals surface area contributed by atoms with E-state index in [4.69, 9.17) is 4.74 Å². The molecule has 2 heterocycles. The molecule has 0 radical (unpaired) electrons. The Labute approximate surface area is 225 Å². The average molecular weight is 516 g/mol. The second-order valence-electron chi connectivity index (χ2n) is 11.0. The molecule has 0 spiro atoms. The predicted octanol–water partition coefficient (Wildman–Crippen LogP) is 6.49. The first-order chi connectivity index (χ1) is 17.8. The van der Waals surface area contributed by atoms with Crippen molar-refractivity contribution in [3.05, 3.63) is 23.8 Å². The summed E-state index contributed by atoms with van der Waals surface area (Å²) >= 11 is 0. The topological polar surface area (TPSA) is 62.6 Å². The highest BCUT2D eigenvalue weighted by Crippen LogP contribution is 2.22. The maximum absolute atomic E-state index is 13.3. The Kier molecular flexibility index (Phi) is 14.0. The molecule has 1 aliphatic heterocycles. The van der Waals surface area contributed by atoms with Gasteiger partial charge in [-0.25, -0.2) is 4.98 Å². The molecule has 7 nitrogen and oxygen atoms in total. The third kappa shape index (κ3) is 10.3. The quantitative estimate of drug-likeness (QED) is 0.327. The van der Waals surface area contributed by atoms with Crippen molar-refractivity contribution in [3.8, 4) is 0 Å². The number of likely N-dealkylation sites (tertiary alicyclic amines) is 1. The van der Waals surface area contributed by atoms with Crippen molar-refractivity contribution in [3.63, 3.8) is 0 Å². The van der Waals surface area contributed by atoms with E-state index in [1.165, 1.54) is 45.3 Å². The Balaban J connectivity index is 0.000000449. The molecule has 0 atom stereocenters. The lowest BCUT2D eigenvalue weighted by atomic mass is 10.1. The number of ether oxygens (including phenoxy) is 1. The number of benzene rings is 1. The Hall–Kier alpha value is -2.12. The number of carbonyl (C=O) groups excluding carboxylic acids is 1. The van der Waals surface area contributed by atoms with E-state index in [0.717, 1.165) is 55.0 Å². The van der Waals surface area contributed by atoms with Gasteiger partial charge in [-0.3, -0.25) is 4.79 Å². The van der Waals surface area contributed by atoms with Gasteiger partial charge in [0.2, 0.25) is 5.95 Å². The molecule has 1 fully saturated rings. The molecule has 1 saturated heterocycles. The minimum absolute atomic E-state index is 0.110. The third-order valence-corrected chi connectivity index (χ3v) is 7.07. The number of hydrogen-bond donors (Lipinski definition) is 1. The van der Waals surface area contributed by atoms with Crippen LogP contribution < -0.4 is 5.32 Å². The molecule has 0 saturated carbocycles. The van der Waals surface area contributed by atoms with Gasteiger partial charge >= 0.3 is 0 Å². The van der Waals surface area contributed by atoms with Gasteiger partial charge < -0.3 is 24.4 Å². The van der Waals surface area contributed by atoms with E-state index in [1.54, 1.807) is 7.11 Å². The van der Waals surface area contributed by atoms with E-state index in [0.29, 0.717) is 18.6 Å². The molecule has 210 valence electrons. The molecule has 2 aromatic rings. The summed E-state index contributed by atoms with van der Waals surface area (Å²) in [7, 11) is 1.64. The zero-order valence-corrected chi connectivity index (χ0v) is 24.7. The Morgan fingerprint density at radius 3 is 2.14 bits per heavy atom. The Morgan fingerprint density at radius 1 is 1.00 bits per heavy atom. The Bertz CT molecular complexity index is 904. The van der Waals surface area contributed by atoms with Crippen LogP contribution in [0.4, 0.5) is 5.95 Å². The summed E-state index contributed by atoms with van der Waals surface area (Å²) in [5.74, 6) is 2.03. The minimum atomic E-state index is 0.110. The number of nitrogens with one attached hydrogen (secondary N) is 1. The van der Waals surface area contributed by atoms with Gasteiger partial charge in [0.05, 0.1) is 11.0 Å². The monoisotopic (exact) mass is 515 g/mol. The third-order valence-electron chi connectivity index (χ3n) is 7.07. The molecule has 1 amide bonds. The molecule has 1 aromatic carbocycles. The first kappa shape index (κ1) is 31.1. The maximum atomic E-state index is 13.3. The van der Waals surface area contributed by atoms with Crippen molar-refractivity contribution >= 4 is 22.9 Å². The zero-order valence-electron chi connectivity index (χ0n) is 24.7. The van der Waals surface area contributed by atoms with Crippen LogP contribution in [0.25, 0.3) is 11.0 Å². The highest BCUT2D eigenvalue weighted by Gasteiger charge is 2.19. The SMILES string of the molecule is CCN1CCCCCC1.CCn1c(NCOC)nc2ccc(C(=O)N(CCC(C)C)CCC(C)C)cc21. The van der Waals surface area contributed by atoms with Gasteiger partial charge in [-0.05, 0) is 82.3 Å². The normalized spacial score (nSPS) is 14.5. The average Bonchev–Trinajstić information content (AvgIpc) is 3.03. The number of anilines is 1. The number of hydrogen-bond acceptors (Lipinski definition) is 5. The number of amides is 1. The number of fused-ring (bicyclic) bond motifs is 1. The first-order valence-corrected chi connectivity index (χ1v) is 14.5. The predicted molar refractivity (Wildman–Crippen MR) is 156 cm³/mol.